The molecule has 2 aromatic heterocycles. The van der Waals surface area contributed by atoms with Gasteiger partial charge in [0.25, 0.3) is 0 Å². The van der Waals surface area contributed by atoms with Crippen molar-refractivity contribution in [2.75, 3.05) is 14.1 Å². The molecule has 6 heteroatoms. The molecule has 0 bridgehead atoms. The van der Waals surface area contributed by atoms with Gasteiger partial charge in [0.1, 0.15) is 5.82 Å². The third-order valence-corrected chi connectivity index (χ3v) is 3.79. The standard InChI is InChI=1S/C17H28N6/c1-14(2)12-23-10-8-19-16(23)11-20-17(18-3)22(5)13-15-7-6-9-21(15)4/h6-10,14H,11-13H2,1-5H3,(H,18,20). The van der Waals surface area contributed by atoms with Crippen molar-refractivity contribution in [1.29, 1.82) is 0 Å². The van der Waals surface area contributed by atoms with Crippen molar-refractivity contribution < 1.29 is 0 Å². The quantitative estimate of drug-likeness (QED) is 0.656. The Morgan fingerprint density at radius 2 is 2.17 bits per heavy atom. The minimum absolute atomic E-state index is 0.599. The average Bonchev–Trinajstić information content (AvgIpc) is 3.09. The number of hydrogen-bond donors (Lipinski definition) is 1. The van der Waals surface area contributed by atoms with Gasteiger partial charge in [0.05, 0.1) is 13.1 Å². The number of aliphatic imine (C=N–C) groups is 1. The Morgan fingerprint density at radius 1 is 1.39 bits per heavy atom. The minimum atomic E-state index is 0.599. The number of guanidine groups is 1. The van der Waals surface area contributed by atoms with Gasteiger partial charge >= 0.3 is 0 Å². The van der Waals surface area contributed by atoms with Gasteiger partial charge in [0.2, 0.25) is 0 Å². The van der Waals surface area contributed by atoms with Crippen molar-refractivity contribution in [2.45, 2.75) is 33.5 Å². The second kappa shape index (κ2) is 7.85. The molecule has 0 saturated carbocycles. The van der Waals surface area contributed by atoms with E-state index in [0.717, 1.165) is 24.9 Å². The van der Waals surface area contributed by atoms with E-state index in [1.165, 1.54) is 5.69 Å². The monoisotopic (exact) mass is 316 g/mol. The lowest BCUT2D eigenvalue weighted by Gasteiger charge is -2.22. The van der Waals surface area contributed by atoms with Gasteiger partial charge in [-0.1, -0.05) is 13.8 Å². The fourth-order valence-electron chi connectivity index (χ4n) is 2.59. The lowest BCUT2D eigenvalue weighted by atomic mass is 10.2. The van der Waals surface area contributed by atoms with Crippen molar-refractivity contribution >= 4 is 5.96 Å². The lowest BCUT2D eigenvalue weighted by molar-refractivity contribution is 0.456. The van der Waals surface area contributed by atoms with Crippen LogP contribution in [0.5, 0.6) is 0 Å². The van der Waals surface area contributed by atoms with Gasteiger partial charge in [-0.15, -0.1) is 0 Å². The average molecular weight is 316 g/mol. The topological polar surface area (TPSA) is 50.4 Å². The van der Waals surface area contributed by atoms with Crippen LogP contribution in [-0.2, 0) is 26.7 Å². The Bertz CT molecular complexity index is 637. The highest BCUT2D eigenvalue weighted by Crippen LogP contribution is 2.06. The van der Waals surface area contributed by atoms with Gasteiger partial charge < -0.3 is 19.4 Å². The molecule has 126 valence electrons. The maximum absolute atomic E-state index is 4.45. The van der Waals surface area contributed by atoms with E-state index in [4.69, 9.17) is 0 Å². The Kier molecular flexibility index (Phi) is 5.84. The number of imidazole rings is 1. The molecule has 0 spiro atoms. The molecule has 6 nitrogen and oxygen atoms in total. The Balaban J connectivity index is 1.95. The van der Waals surface area contributed by atoms with E-state index in [-0.39, 0.29) is 0 Å². The van der Waals surface area contributed by atoms with E-state index in [1.54, 1.807) is 0 Å². The summed E-state index contributed by atoms with van der Waals surface area (Å²) in [6.07, 6.45) is 5.95. The molecule has 2 rings (SSSR count). The molecule has 0 amide bonds. The summed E-state index contributed by atoms with van der Waals surface area (Å²) in [5.41, 5.74) is 1.25. The number of aromatic nitrogens is 3. The van der Waals surface area contributed by atoms with Crippen LogP contribution in [0.25, 0.3) is 0 Å². The van der Waals surface area contributed by atoms with Gasteiger partial charge in [-0.25, -0.2) is 4.98 Å². The van der Waals surface area contributed by atoms with Gasteiger partial charge in [0.15, 0.2) is 5.96 Å². The van der Waals surface area contributed by atoms with Gasteiger partial charge in [-0.05, 0) is 18.1 Å². The van der Waals surface area contributed by atoms with Crippen LogP contribution in [-0.4, -0.2) is 39.1 Å². The smallest absolute Gasteiger partial charge is 0.194 e. The summed E-state index contributed by atoms with van der Waals surface area (Å²) in [7, 11) is 5.91. The number of rotatable bonds is 6. The Hall–Kier alpha value is -2.24. The predicted molar refractivity (Wildman–Crippen MR) is 94.1 cm³/mol. The fourth-order valence-corrected chi connectivity index (χ4v) is 2.59. The van der Waals surface area contributed by atoms with Crippen LogP contribution in [0.2, 0.25) is 0 Å². The molecule has 0 aliphatic carbocycles. The molecule has 0 aliphatic rings. The first-order chi connectivity index (χ1) is 11.0. The minimum Gasteiger partial charge on any atom is -0.353 e. The molecule has 0 saturated heterocycles. The molecule has 2 heterocycles. The number of nitrogens with zero attached hydrogens (tertiary/aromatic N) is 5. The highest BCUT2D eigenvalue weighted by atomic mass is 15.3. The lowest BCUT2D eigenvalue weighted by Crippen LogP contribution is -2.38. The zero-order valence-corrected chi connectivity index (χ0v) is 14.8. The largest absolute Gasteiger partial charge is 0.353 e. The molecule has 0 atom stereocenters. The van der Waals surface area contributed by atoms with Crippen LogP contribution in [0.15, 0.2) is 35.7 Å². The summed E-state index contributed by atoms with van der Waals surface area (Å²) in [5, 5.41) is 3.40. The highest BCUT2D eigenvalue weighted by molar-refractivity contribution is 5.79. The summed E-state index contributed by atoms with van der Waals surface area (Å²) in [6.45, 7) is 6.88. The summed E-state index contributed by atoms with van der Waals surface area (Å²) >= 11 is 0. The molecule has 0 unspecified atom stereocenters. The molecule has 0 fully saturated rings. The van der Waals surface area contributed by atoms with E-state index in [0.29, 0.717) is 12.5 Å². The number of hydrogen-bond acceptors (Lipinski definition) is 2. The van der Waals surface area contributed by atoms with Crippen molar-refractivity contribution in [1.82, 2.24) is 24.3 Å². The first kappa shape index (κ1) is 17.1. The van der Waals surface area contributed by atoms with E-state index >= 15 is 0 Å². The van der Waals surface area contributed by atoms with Crippen LogP contribution < -0.4 is 5.32 Å². The summed E-state index contributed by atoms with van der Waals surface area (Å²) < 4.78 is 4.32. The maximum atomic E-state index is 4.45. The van der Waals surface area contributed by atoms with Crippen LogP contribution in [0, 0.1) is 5.92 Å². The van der Waals surface area contributed by atoms with Crippen molar-refractivity contribution in [3.8, 4) is 0 Å². The number of nitrogens with one attached hydrogen (secondary N) is 1. The zero-order chi connectivity index (χ0) is 16.8. The van der Waals surface area contributed by atoms with E-state index in [9.17, 15) is 0 Å². The van der Waals surface area contributed by atoms with Crippen LogP contribution in [0.1, 0.15) is 25.4 Å². The summed E-state index contributed by atoms with van der Waals surface area (Å²) in [4.78, 5) is 10.9. The van der Waals surface area contributed by atoms with E-state index < -0.39 is 0 Å². The molecule has 1 N–H and O–H groups in total. The van der Waals surface area contributed by atoms with Crippen molar-refractivity contribution in [3.05, 3.63) is 42.2 Å². The third-order valence-electron chi connectivity index (χ3n) is 3.79. The molecule has 0 aliphatic heterocycles. The van der Waals surface area contributed by atoms with Crippen LogP contribution >= 0.6 is 0 Å². The number of aryl methyl sites for hydroxylation is 1. The SMILES string of the molecule is CN=C(NCc1nccn1CC(C)C)N(C)Cc1cccn1C. The van der Waals surface area contributed by atoms with Gasteiger partial charge in [0, 0.05) is 52.0 Å². The zero-order valence-electron chi connectivity index (χ0n) is 14.8. The molecule has 2 aromatic rings. The van der Waals surface area contributed by atoms with Crippen LogP contribution in [0.4, 0.5) is 0 Å². The Morgan fingerprint density at radius 3 is 2.78 bits per heavy atom. The predicted octanol–water partition coefficient (Wildman–Crippen LogP) is 2.08. The molecule has 23 heavy (non-hydrogen) atoms. The second-order valence-corrected chi connectivity index (χ2v) is 6.26. The molecule has 0 radical (unpaired) electrons. The molecular formula is C17H28N6. The maximum Gasteiger partial charge on any atom is 0.194 e. The van der Waals surface area contributed by atoms with Crippen molar-refractivity contribution in [2.24, 2.45) is 18.0 Å². The van der Waals surface area contributed by atoms with Gasteiger partial charge in [-0.3, -0.25) is 4.99 Å². The third kappa shape index (κ3) is 4.61. The summed E-state index contributed by atoms with van der Waals surface area (Å²) in [5.74, 6) is 2.50. The van der Waals surface area contributed by atoms with Crippen molar-refractivity contribution in [3.63, 3.8) is 0 Å². The molecular weight excluding hydrogens is 288 g/mol. The highest BCUT2D eigenvalue weighted by Gasteiger charge is 2.10. The van der Waals surface area contributed by atoms with Crippen LogP contribution in [0.3, 0.4) is 0 Å². The second-order valence-electron chi connectivity index (χ2n) is 6.26. The first-order valence-electron chi connectivity index (χ1n) is 8.03. The summed E-state index contributed by atoms with van der Waals surface area (Å²) in [6, 6.07) is 4.18. The fraction of sp³-hybridized carbons (Fsp3) is 0.529. The normalized spacial score (nSPS) is 12.0. The molecule has 0 aromatic carbocycles. The van der Waals surface area contributed by atoms with Gasteiger partial charge in [-0.2, -0.15) is 0 Å². The Labute approximate surface area is 138 Å². The first-order valence-corrected chi connectivity index (χ1v) is 8.03. The van der Waals surface area contributed by atoms with E-state index in [2.05, 4.69) is 68.6 Å². The van der Waals surface area contributed by atoms with E-state index in [1.807, 2.05) is 26.5 Å².